The number of nitrogens with zero attached hydrogens (tertiary/aromatic N) is 1. The minimum absolute atomic E-state index is 0.307. The highest BCUT2D eigenvalue weighted by atomic mass is 16.4. The minimum atomic E-state index is -0.880. The number of carbonyl (C=O) groups is 1. The summed E-state index contributed by atoms with van der Waals surface area (Å²) in [6.45, 7) is 4.24. The smallest absolute Gasteiger partial charge is 0.336 e. The summed E-state index contributed by atoms with van der Waals surface area (Å²) >= 11 is 0. The van der Waals surface area contributed by atoms with Gasteiger partial charge in [-0.25, -0.2) is 4.79 Å². The van der Waals surface area contributed by atoms with Crippen LogP contribution in [0.5, 0.6) is 0 Å². The van der Waals surface area contributed by atoms with Crippen LogP contribution in [0, 0.1) is 0 Å². The second-order valence-electron chi connectivity index (χ2n) is 6.60. The van der Waals surface area contributed by atoms with E-state index in [1.165, 1.54) is 11.1 Å². The molecule has 0 radical (unpaired) electrons. The number of para-hydroxylation sites is 1. The topological polar surface area (TPSA) is 50.2 Å². The van der Waals surface area contributed by atoms with Crippen LogP contribution in [0.2, 0.25) is 0 Å². The molecule has 23 heavy (non-hydrogen) atoms. The van der Waals surface area contributed by atoms with E-state index in [-0.39, 0.29) is 5.41 Å². The van der Waals surface area contributed by atoms with Crippen molar-refractivity contribution in [3.05, 3.63) is 76.5 Å². The van der Waals surface area contributed by atoms with Crippen molar-refractivity contribution in [2.24, 2.45) is 0 Å². The van der Waals surface area contributed by atoms with Crippen molar-refractivity contribution in [2.45, 2.75) is 25.7 Å². The van der Waals surface area contributed by atoms with E-state index in [4.69, 9.17) is 4.98 Å². The number of aromatic carboxylic acids is 1. The van der Waals surface area contributed by atoms with Crippen molar-refractivity contribution < 1.29 is 9.90 Å². The summed E-state index contributed by atoms with van der Waals surface area (Å²) in [5.74, 6) is -0.880. The van der Waals surface area contributed by atoms with Gasteiger partial charge in [0.15, 0.2) is 0 Å². The Morgan fingerprint density at radius 2 is 1.78 bits per heavy atom. The fourth-order valence-electron chi connectivity index (χ4n) is 3.79. The van der Waals surface area contributed by atoms with Crippen LogP contribution >= 0.6 is 0 Å². The SMILES string of the molecule is CC1(C)c2ccccc2Cc2c1nc1ccccc1c2C(=O)O. The van der Waals surface area contributed by atoms with Gasteiger partial charge >= 0.3 is 5.97 Å². The number of rotatable bonds is 1. The van der Waals surface area contributed by atoms with Crippen LogP contribution in [-0.2, 0) is 11.8 Å². The van der Waals surface area contributed by atoms with Crippen molar-refractivity contribution in [1.29, 1.82) is 0 Å². The summed E-state index contributed by atoms with van der Waals surface area (Å²) in [4.78, 5) is 16.8. The number of hydrogen-bond acceptors (Lipinski definition) is 2. The van der Waals surface area contributed by atoms with E-state index in [0.717, 1.165) is 16.8 Å². The largest absolute Gasteiger partial charge is 0.478 e. The molecule has 0 saturated heterocycles. The van der Waals surface area contributed by atoms with Gasteiger partial charge < -0.3 is 5.11 Å². The first-order valence-electron chi connectivity index (χ1n) is 7.74. The summed E-state index contributed by atoms with van der Waals surface area (Å²) in [7, 11) is 0. The van der Waals surface area contributed by atoms with E-state index >= 15 is 0 Å². The second kappa shape index (κ2) is 4.66. The third-order valence-corrected chi connectivity index (χ3v) is 4.86. The van der Waals surface area contributed by atoms with Crippen molar-refractivity contribution >= 4 is 16.9 Å². The maximum Gasteiger partial charge on any atom is 0.336 e. The first-order valence-corrected chi connectivity index (χ1v) is 7.74. The Hall–Kier alpha value is -2.68. The lowest BCUT2D eigenvalue weighted by molar-refractivity contribution is 0.0697. The first-order chi connectivity index (χ1) is 11.0. The van der Waals surface area contributed by atoms with Gasteiger partial charge in [-0.05, 0) is 22.8 Å². The molecule has 0 bridgehead atoms. The van der Waals surface area contributed by atoms with Gasteiger partial charge in [0, 0.05) is 17.2 Å². The number of benzene rings is 2. The fourth-order valence-corrected chi connectivity index (χ4v) is 3.79. The summed E-state index contributed by atoms with van der Waals surface area (Å²) in [5, 5.41) is 10.5. The molecule has 114 valence electrons. The number of aromatic nitrogens is 1. The predicted molar refractivity (Wildman–Crippen MR) is 90.1 cm³/mol. The van der Waals surface area contributed by atoms with Gasteiger partial charge in [0.2, 0.25) is 0 Å². The lowest BCUT2D eigenvalue weighted by atomic mass is 9.70. The number of carboxylic acids is 1. The Bertz CT molecular complexity index is 957. The van der Waals surface area contributed by atoms with Crippen LogP contribution in [-0.4, -0.2) is 16.1 Å². The molecule has 0 spiro atoms. The van der Waals surface area contributed by atoms with Gasteiger partial charge in [0.05, 0.1) is 16.8 Å². The molecule has 0 atom stereocenters. The maximum atomic E-state index is 12.0. The number of fused-ring (bicyclic) bond motifs is 3. The number of hydrogen-bond donors (Lipinski definition) is 1. The van der Waals surface area contributed by atoms with E-state index in [2.05, 4.69) is 26.0 Å². The summed E-state index contributed by atoms with van der Waals surface area (Å²) < 4.78 is 0. The Balaban J connectivity index is 2.14. The highest BCUT2D eigenvalue weighted by Gasteiger charge is 2.36. The van der Waals surface area contributed by atoms with E-state index in [9.17, 15) is 9.90 Å². The minimum Gasteiger partial charge on any atom is -0.478 e. The van der Waals surface area contributed by atoms with Gasteiger partial charge in [-0.15, -0.1) is 0 Å². The van der Waals surface area contributed by atoms with E-state index in [1.807, 2.05) is 36.4 Å². The molecular formula is C20H17NO2. The Morgan fingerprint density at radius 1 is 1.09 bits per heavy atom. The molecule has 1 heterocycles. The molecule has 3 heteroatoms. The van der Waals surface area contributed by atoms with Crippen molar-refractivity contribution in [1.82, 2.24) is 4.98 Å². The molecular weight excluding hydrogens is 286 g/mol. The average molecular weight is 303 g/mol. The Kier molecular flexibility index (Phi) is 2.82. The zero-order valence-corrected chi connectivity index (χ0v) is 13.1. The van der Waals surface area contributed by atoms with Gasteiger partial charge in [0.1, 0.15) is 0 Å². The molecule has 4 rings (SSSR count). The molecule has 2 aromatic carbocycles. The third-order valence-electron chi connectivity index (χ3n) is 4.86. The molecule has 1 aliphatic rings. The van der Waals surface area contributed by atoms with Gasteiger partial charge in [-0.3, -0.25) is 4.98 Å². The number of pyridine rings is 1. The zero-order chi connectivity index (χ0) is 16.2. The summed E-state index contributed by atoms with van der Waals surface area (Å²) in [6, 6.07) is 15.7. The molecule has 0 fully saturated rings. The number of carboxylic acid groups (broad SMARTS) is 1. The van der Waals surface area contributed by atoms with Crippen LogP contribution in [0.25, 0.3) is 10.9 Å². The summed E-state index contributed by atoms with van der Waals surface area (Å²) in [5.41, 5.74) is 4.98. The standard InChI is InChI=1S/C20H17NO2/c1-20(2)15-9-5-3-7-12(15)11-14-17(19(22)23)13-8-4-6-10-16(13)21-18(14)20/h3-10H,11H2,1-2H3,(H,22,23). The van der Waals surface area contributed by atoms with Crippen molar-refractivity contribution in [2.75, 3.05) is 0 Å². The fraction of sp³-hybridized carbons (Fsp3) is 0.200. The first kappa shape index (κ1) is 13.9. The van der Waals surface area contributed by atoms with E-state index in [0.29, 0.717) is 17.4 Å². The van der Waals surface area contributed by atoms with E-state index in [1.54, 1.807) is 0 Å². The van der Waals surface area contributed by atoms with Gasteiger partial charge in [0.25, 0.3) is 0 Å². The second-order valence-corrected chi connectivity index (χ2v) is 6.60. The lowest BCUT2D eigenvalue weighted by Crippen LogP contribution is -2.30. The predicted octanol–water partition coefficient (Wildman–Crippen LogP) is 4.16. The summed E-state index contributed by atoms with van der Waals surface area (Å²) in [6.07, 6.45) is 0.619. The molecule has 1 aromatic heterocycles. The van der Waals surface area contributed by atoms with Crippen LogP contribution < -0.4 is 0 Å². The molecule has 3 aromatic rings. The van der Waals surface area contributed by atoms with Crippen LogP contribution in [0.15, 0.2) is 48.5 Å². The monoisotopic (exact) mass is 303 g/mol. The molecule has 1 N–H and O–H groups in total. The molecule has 3 nitrogen and oxygen atoms in total. The lowest BCUT2D eigenvalue weighted by Gasteiger charge is -2.35. The molecule has 0 unspecified atom stereocenters. The normalized spacial score (nSPS) is 15.0. The Labute approximate surface area is 134 Å². The van der Waals surface area contributed by atoms with E-state index < -0.39 is 5.97 Å². The zero-order valence-electron chi connectivity index (χ0n) is 13.1. The van der Waals surface area contributed by atoms with Crippen molar-refractivity contribution in [3.8, 4) is 0 Å². The molecule has 0 amide bonds. The maximum absolute atomic E-state index is 12.0. The molecule has 0 aliphatic heterocycles. The quantitative estimate of drug-likeness (QED) is 0.734. The average Bonchev–Trinajstić information content (AvgIpc) is 2.53. The van der Waals surface area contributed by atoms with Crippen LogP contribution in [0.3, 0.4) is 0 Å². The molecule has 1 aliphatic carbocycles. The van der Waals surface area contributed by atoms with Gasteiger partial charge in [-0.2, -0.15) is 0 Å². The van der Waals surface area contributed by atoms with Crippen LogP contribution in [0.4, 0.5) is 0 Å². The third kappa shape index (κ3) is 1.89. The highest BCUT2D eigenvalue weighted by molar-refractivity contribution is 6.04. The van der Waals surface area contributed by atoms with Crippen LogP contribution in [0.1, 0.15) is 46.6 Å². The Morgan fingerprint density at radius 3 is 2.57 bits per heavy atom. The highest BCUT2D eigenvalue weighted by Crippen LogP contribution is 2.42. The van der Waals surface area contributed by atoms with Crippen molar-refractivity contribution in [3.63, 3.8) is 0 Å². The molecule has 0 saturated carbocycles. The van der Waals surface area contributed by atoms with Gasteiger partial charge in [-0.1, -0.05) is 56.3 Å².